The minimum atomic E-state index is 0.0238. The van der Waals surface area contributed by atoms with Crippen molar-refractivity contribution in [3.8, 4) is 5.75 Å². The zero-order valence-corrected chi connectivity index (χ0v) is 19.1. The number of hydrogen-bond acceptors (Lipinski definition) is 4. The smallest absolute Gasteiger partial charge is 0.224 e. The summed E-state index contributed by atoms with van der Waals surface area (Å²) in [6, 6.07) is 16.3. The van der Waals surface area contributed by atoms with E-state index in [0.29, 0.717) is 19.6 Å². The van der Waals surface area contributed by atoms with Crippen molar-refractivity contribution < 1.29 is 14.1 Å². The van der Waals surface area contributed by atoms with Crippen LogP contribution in [0.5, 0.6) is 5.75 Å². The van der Waals surface area contributed by atoms with Crippen LogP contribution in [0.25, 0.3) is 0 Å². The van der Waals surface area contributed by atoms with Gasteiger partial charge in [-0.05, 0) is 54.5 Å². The Bertz CT molecular complexity index is 977. The lowest BCUT2D eigenvalue weighted by molar-refractivity contribution is -0.120. The predicted octanol–water partition coefficient (Wildman–Crippen LogP) is 5.07. The van der Waals surface area contributed by atoms with Crippen LogP contribution in [0.2, 0.25) is 0 Å². The van der Waals surface area contributed by atoms with Crippen molar-refractivity contribution in [2.45, 2.75) is 59.5 Å². The van der Waals surface area contributed by atoms with Gasteiger partial charge in [0.25, 0.3) is 0 Å². The van der Waals surface area contributed by atoms with Crippen LogP contribution in [-0.4, -0.2) is 17.6 Å². The molecule has 5 heteroatoms. The molecular formula is C26H32N2O3. The van der Waals surface area contributed by atoms with E-state index < -0.39 is 0 Å². The van der Waals surface area contributed by atoms with Crippen LogP contribution in [0.15, 0.2) is 53.1 Å². The fourth-order valence-electron chi connectivity index (χ4n) is 3.33. The number of nitrogens with one attached hydrogen (secondary N) is 1. The fourth-order valence-corrected chi connectivity index (χ4v) is 3.33. The van der Waals surface area contributed by atoms with E-state index in [-0.39, 0.29) is 11.3 Å². The molecule has 0 aliphatic rings. The van der Waals surface area contributed by atoms with E-state index >= 15 is 0 Å². The van der Waals surface area contributed by atoms with E-state index in [1.54, 1.807) is 0 Å². The summed E-state index contributed by atoms with van der Waals surface area (Å²) in [6.45, 7) is 11.4. The quantitative estimate of drug-likeness (QED) is 0.553. The Labute approximate surface area is 184 Å². The van der Waals surface area contributed by atoms with E-state index in [1.807, 2.05) is 38.1 Å². The monoisotopic (exact) mass is 420 g/mol. The minimum Gasteiger partial charge on any atom is -0.489 e. The summed E-state index contributed by atoms with van der Waals surface area (Å²) in [7, 11) is 0. The number of carbonyl (C=O) groups is 1. The number of hydrogen-bond donors (Lipinski definition) is 1. The summed E-state index contributed by atoms with van der Waals surface area (Å²) in [4.78, 5) is 12.3. The number of benzene rings is 2. The second kappa shape index (κ2) is 9.82. The van der Waals surface area contributed by atoms with Crippen molar-refractivity contribution in [3.05, 3.63) is 82.2 Å². The molecule has 0 fully saturated rings. The number of ether oxygens (including phenoxy) is 1. The first kappa shape index (κ1) is 22.6. The molecule has 0 saturated heterocycles. The first-order valence-electron chi connectivity index (χ1n) is 10.7. The molecule has 0 unspecified atom stereocenters. The Morgan fingerprint density at radius 1 is 1.00 bits per heavy atom. The highest BCUT2D eigenvalue weighted by atomic mass is 16.5. The Kier molecular flexibility index (Phi) is 7.16. The van der Waals surface area contributed by atoms with Gasteiger partial charge in [-0.3, -0.25) is 4.79 Å². The van der Waals surface area contributed by atoms with Gasteiger partial charge in [-0.15, -0.1) is 0 Å². The van der Waals surface area contributed by atoms with Crippen LogP contribution in [0.4, 0.5) is 0 Å². The second-order valence-electron chi connectivity index (χ2n) is 8.96. The average Bonchev–Trinajstić information content (AvgIpc) is 3.05. The molecule has 0 radical (unpaired) electrons. The molecule has 0 bridgehead atoms. The standard InChI is InChI=1S/C26H32N2O3/c1-18-24(19(2)31-28-18)17-30-23-12-8-21(9-13-23)16-25(29)27-15-14-20-6-10-22(11-7-20)26(3,4)5/h6-13H,14-17H2,1-5H3,(H,27,29). The Balaban J connectivity index is 1.42. The average molecular weight is 421 g/mol. The highest BCUT2D eigenvalue weighted by Gasteiger charge is 2.13. The van der Waals surface area contributed by atoms with Crippen LogP contribution in [-0.2, 0) is 29.7 Å². The third kappa shape index (κ3) is 6.45. The maximum Gasteiger partial charge on any atom is 0.224 e. The lowest BCUT2D eigenvalue weighted by atomic mass is 9.86. The third-order valence-corrected chi connectivity index (χ3v) is 5.41. The summed E-state index contributed by atoms with van der Waals surface area (Å²) in [6.07, 6.45) is 1.18. The van der Waals surface area contributed by atoms with E-state index in [4.69, 9.17) is 9.26 Å². The van der Waals surface area contributed by atoms with Gasteiger partial charge in [0, 0.05) is 6.54 Å². The maximum absolute atomic E-state index is 12.3. The normalized spacial score (nSPS) is 11.4. The van der Waals surface area contributed by atoms with E-state index in [1.165, 1.54) is 11.1 Å². The molecule has 1 heterocycles. The summed E-state index contributed by atoms with van der Waals surface area (Å²) in [5.41, 5.74) is 5.47. The molecule has 5 nitrogen and oxygen atoms in total. The van der Waals surface area contributed by atoms with Crippen LogP contribution >= 0.6 is 0 Å². The van der Waals surface area contributed by atoms with Gasteiger partial charge in [0.15, 0.2) is 0 Å². The lowest BCUT2D eigenvalue weighted by Crippen LogP contribution is -2.27. The van der Waals surface area contributed by atoms with E-state index in [0.717, 1.165) is 34.8 Å². The van der Waals surface area contributed by atoms with Crippen molar-refractivity contribution in [2.75, 3.05) is 6.54 Å². The van der Waals surface area contributed by atoms with Gasteiger partial charge in [-0.1, -0.05) is 62.3 Å². The van der Waals surface area contributed by atoms with Gasteiger partial charge < -0.3 is 14.6 Å². The van der Waals surface area contributed by atoms with Crippen molar-refractivity contribution in [1.82, 2.24) is 10.5 Å². The molecule has 3 rings (SSSR count). The van der Waals surface area contributed by atoms with Crippen molar-refractivity contribution >= 4 is 5.91 Å². The first-order valence-corrected chi connectivity index (χ1v) is 10.7. The fraction of sp³-hybridized carbons (Fsp3) is 0.385. The number of carbonyl (C=O) groups excluding carboxylic acids is 1. The van der Waals surface area contributed by atoms with E-state index in [2.05, 4.69) is 55.5 Å². The van der Waals surface area contributed by atoms with Gasteiger partial charge in [-0.2, -0.15) is 0 Å². The topological polar surface area (TPSA) is 64.4 Å². The molecule has 0 saturated carbocycles. The number of rotatable bonds is 8. The molecule has 164 valence electrons. The highest BCUT2D eigenvalue weighted by molar-refractivity contribution is 5.78. The largest absolute Gasteiger partial charge is 0.489 e. The highest BCUT2D eigenvalue weighted by Crippen LogP contribution is 2.22. The van der Waals surface area contributed by atoms with Crippen LogP contribution < -0.4 is 10.1 Å². The summed E-state index contributed by atoms with van der Waals surface area (Å²) in [5.74, 6) is 1.55. The zero-order chi connectivity index (χ0) is 22.4. The van der Waals surface area contributed by atoms with Crippen molar-refractivity contribution in [3.63, 3.8) is 0 Å². The Morgan fingerprint density at radius 3 is 2.23 bits per heavy atom. The van der Waals surface area contributed by atoms with Gasteiger partial charge in [0.05, 0.1) is 17.7 Å². The maximum atomic E-state index is 12.3. The molecule has 0 aliphatic carbocycles. The Hall–Kier alpha value is -3.08. The zero-order valence-electron chi connectivity index (χ0n) is 19.1. The summed E-state index contributed by atoms with van der Waals surface area (Å²) in [5, 5.41) is 6.94. The third-order valence-electron chi connectivity index (χ3n) is 5.41. The number of aromatic nitrogens is 1. The first-order chi connectivity index (χ1) is 14.7. The number of aryl methyl sites for hydroxylation is 2. The molecule has 1 amide bonds. The molecule has 2 aromatic carbocycles. The molecule has 31 heavy (non-hydrogen) atoms. The van der Waals surface area contributed by atoms with Crippen LogP contribution in [0, 0.1) is 13.8 Å². The second-order valence-corrected chi connectivity index (χ2v) is 8.96. The van der Waals surface area contributed by atoms with Crippen molar-refractivity contribution in [1.29, 1.82) is 0 Å². The van der Waals surface area contributed by atoms with Gasteiger partial charge in [-0.25, -0.2) is 0 Å². The molecule has 0 aliphatic heterocycles. The SMILES string of the molecule is Cc1noc(C)c1COc1ccc(CC(=O)NCCc2ccc(C(C)(C)C)cc2)cc1. The predicted molar refractivity (Wildman–Crippen MR) is 122 cm³/mol. The summed E-state index contributed by atoms with van der Waals surface area (Å²) < 4.78 is 11.0. The van der Waals surface area contributed by atoms with Gasteiger partial charge in [0.2, 0.25) is 5.91 Å². The summed E-state index contributed by atoms with van der Waals surface area (Å²) >= 11 is 0. The lowest BCUT2D eigenvalue weighted by Gasteiger charge is -2.19. The van der Waals surface area contributed by atoms with Gasteiger partial charge >= 0.3 is 0 Å². The molecular weight excluding hydrogens is 388 g/mol. The van der Waals surface area contributed by atoms with Crippen molar-refractivity contribution in [2.24, 2.45) is 0 Å². The molecule has 0 spiro atoms. The van der Waals surface area contributed by atoms with E-state index in [9.17, 15) is 4.79 Å². The number of nitrogens with zero attached hydrogens (tertiary/aromatic N) is 1. The number of amides is 1. The molecule has 0 atom stereocenters. The van der Waals surface area contributed by atoms with Crippen LogP contribution in [0.1, 0.15) is 54.5 Å². The van der Waals surface area contributed by atoms with Gasteiger partial charge in [0.1, 0.15) is 18.1 Å². The molecule has 1 N–H and O–H groups in total. The minimum absolute atomic E-state index is 0.0238. The Morgan fingerprint density at radius 2 is 1.65 bits per heavy atom. The van der Waals surface area contributed by atoms with Crippen LogP contribution in [0.3, 0.4) is 0 Å². The molecule has 1 aromatic heterocycles. The molecule has 3 aromatic rings.